The van der Waals surface area contributed by atoms with Gasteiger partial charge in [-0.05, 0) is 30.7 Å². The van der Waals surface area contributed by atoms with E-state index >= 15 is 0 Å². The number of nitrogens with zero attached hydrogens (tertiary/aromatic N) is 2. The lowest BCUT2D eigenvalue weighted by Crippen LogP contribution is -2.22. The zero-order valence-corrected chi connectivity index (χ0v) is 12.5. The van der Waals surface area contributed by atoms with Gasteiger partial charge < -0.3 is 10.5 Å². The Balaban J connectivity index is 2.08. The summed E-state index contributed by atoms with van der Waals surface area (Å²) in [5.74, 6) is 0.481. The van der Waals surface area contributed by atoms with E-state index in [1.807, 2.05) is 24.3 Å². The maximum Gasteiger partial charge on any atom is 0.270 e. The van der Waals surface area contributed by atoms with E-state index in [9.17, 15) is 4.79 Å². The van der Waals surface area contributed by atoms with Crippen LogP contribution in [0.25, 0.3) is 0 Å². The molecule has 1 aromatic carbocycles. The first-order valence-electron chi connectivity index (χ1n) is 6.33. The number of rotatable bonds is 6. The van der Waals surface area contributed by atoms with Gasteiger partial charge in [0.15, 0.2) is 0 Å². The van der Waals surface area contributed by atoms with E-state index in [0.717, 1.165) is 16.5 Å². The Bertz CT molecular complexity index is 628. The number of nitrogens with two attached hydrogens (primary N) is 1. The molecule has 6 heteroatoms. The van der Waals surface area contributed by atoms with Crippen molar-refractivity contribution in [2.45, 2.75) is 13.0 Å². The van der Waals surface area contributed by atoms with E-state index in [2.05, 4.69) is 21.0 Å². The number of hydrogen-bond donors (Lipinski definition) is 1. The largest absolute Gasteiger partial charge is 0.492 e. The summed E-state index contributed by atoms with van der Waals surface area (Å²) in [5, 5.41) is 4.11. The van der Waals surface area contributed by atoms with Crippen molar-refractivity contribution in [3.8, 4) is 5.75 Å². The second kappa shape index (κ2) is 7.21. The predicted octanol–water partition coefficient (Wildman–Crippen LogP) is 1.78. The van der Waals surface area contributed by atoms with Gasteiger partial charge in [0.1, 0.15) is 5.75 Å². The lowest BCUT2D eigenvalue weighted by Gasteiger charge is -2.07. The Morgan fingerprint density at radius 3 is 2.90 bits per heavy atom. The van der Waals surface area contributed by atoms with Crippen LogP contribution in [0.15, 0.2) is 45.8 Å². The van der Waals surface area contributed by atoms with Gasteiger partial charge >= 0.3 is 0 Å². The van der Waals surface area contributed by atoms with Crippen molar-refractivity contribution in [2.24, 2.45) is 5.73 Å². The smallest absolute Gasteiger partial charge is 0.270 e. The normalized spacial score (nSPS) is 10.5. The van der Waals surface area contributed by atoms with Crippen molar-refractivity contribution >= 4 is 15.9 Å². The Morgan fingerprint density at radius 2 is 2.20 bits per heavy atom. The zero-order chi connectivity index (χ0) is 14.4. The summed E-state index contributed by atoms with van der Waals surface area (Å²) < 4.78 is 7.77. The molecule has 2 aromatic rings. The van der Waals surface area contributed by atoms with Crippen LogP contribution in [0.5, 0.6) is 5.75 Å². The second-order valence-electron chi connectivity index (χ2n) is 4.31. The van der Waals surface area contributed by atoms with Crippen LogP contribution in [0, 0.1) is 0 Å². The Morgan fingerprint density at radius 1 is 1.35 bits per heavy atom. The standard InChI is InChI=1S/C14H16BrN3O2/c15-12-4-1-3-11(7-12)10-18-14(19)8-13(9-17-18)20-6-2-5-16/h1,3-4,7-9H,2,5-6,10,16H2. The average Bonchev–Trinajstić information content (AvgIpc) is 2.42. The Hall–Kier alpha value is -1.66. The summed E-state index contributed by atoms with van der Waals surface area (Å²) in [6.07, 6.45) is 2.30. The zero-order valence-electron chi connectivity index (χ0n) is 11.0. The highest BCUT2D eigenvalue weighted by molar-refractivity contribution is 9.10. The summed E-state index contributed by atoms with van der Waals surface area (Å²) in [6.45, 7) is 1.49. The monoisotopic (exact) mass is 337 g/mol. The summed E-state index contributed by atoms with van der Waals surface area (Å²) in [5.41, 5.74) is 6.20. The van der Waals surface area contributed by atoms with Gasteiger partial charge in [-0.25, -0.2) is 4.68 Å². The fraction of sp³-hybridized carbons (Fsp3) is 0.286. The molecule has 1 aromatic heterocycles. The van der Waals surface area contributed by atoms with Gasteiger partial charge in [-0.1, -0.05) is 28.1 Å². The molecule has 0 atom stereocenters. The molecule has 5 nitrogen and oxygen atoms in total. The maximum absolute atomic E-state index is 11.9. The van der Waals surface area contributed by atoms with Crippen molar-refractivity contribution in [2.75, 3.05) is 13.2 Å². The molecular weight excluding hydrogens is 322 g/mol. The van der Waals surface area contributed by atoms with Crippen LogP contribution in [0.3, 0.4) is 0 Å². The third-order valence-electron chi connectivity index (χ3n) is 2.68. The maximum atomic E-state index is 11.9. The van der Waals surface area contributed by atoms with Crippen molar-refractivity contribution in [3.05, 3.63) is 56.9 Å². The highest BCUT2D eigenvalue weighted by Gasteiger charge is 2.02. The molecule has 0 saturated heterocycles. The number of aromatic nitrogens is 2. The van der Waals surface area contributed by atoms with E-state index in [4.69, 9.17) is 10.5 Å². The molecule has 2 N–H and O–H groups in total. The molecule has 1 heterocycles. The molecule has 0 aliphatic rings. The molecule has 0 amide bonds. The predicted molar refractivity (Wildman–Crippen MR) is 80.9 cm³/mol. The lowest BCUT2D eigenvalue weighted by molar-refractivity contribution is 0.309. The molecule has 0 aliphatic heterocycles. The summed E-state index contributed by atoms with van der Waals surface area (Å²) >= 11 is 3.40. The molecule has 106 valence electrons. The van der Waals surface area contributed by atoms with Crippen LogP contribution < -0.4 is 16.0 Å². The number of ether oxygens (including phenoxy) is 1. The third-order valence-corrected chi connectivity index (χ3v) is 3.18. The molecule has 0 spiro atoms. The molecule has 2 rings (SSSR count). The molecule has 0 bridgehead atoms. The number of benzene rings is 1. The molecule has 0 radical (unpaired) electrons. The molecular formula is C14H16BrN3O2. The molecule has 0 unspecified atom stereocenters. The highest BCUT2D eigenvalue weighted by atomic mass is 79.9. The van der Waals surface area contributed by atoms with E-state index in [1.165, 1.54) is 10.7 Å². The Labute approximate surface area is 125 Å². The van der Waals surface area contributed by atoms with Gasteiger partial charge in [-0.2, -0.15) is 5.10 Å². The molecule has 0 saturated carbocycles. The first-order valence-corrected chi connectivity index (χ1v) is 7.13. The van der Waals surface area contributed by atoms with E-state index in [0.29, 0.717) is 25.4 Å². The minimum Gasteiger partial charge on any atom is -0.492 e. The van der Waals surface area contributed by atoms with Gasteiger partial charge in [0, 0.05) is 10.5 Å². The van der Waals surface area contributed by atoms with Gasteiger partial charge in [0.05, 0.1) is 19.3 Å². The molecule has 0 fully saturated rings. The van der Waals surface area contributed by atoms with Crippen LogP contribution in [-0.4, -0.2) is 22.9 Å². The SMILES string of the molecule is NCCCOc1cnn(Cc2cccc(Br)c2)c(=O)c1. The van der Waals surface area contributed by atoms with E-state index < -0.39 is 0 Å². The van der Waals surface area contributed by atoms with Crippen LogP contribution in [0.2, 0.25) is 0 Å². The van der Waals surface area contributed by atoms with Crippen molar-refractivity contribution in [3.63, 3.8) is 0 Å². The van der Waals surface area contributed by atoms with E-state index in [1.54, 1.807) is 6.20 Å². The van der Waals surface area contributed by atoms with Crippen LogP contribution in [0.1, 0.15) is 12.0 Å². The minimum atomic E-state index is -0.185. The van der Waals surface area contributed by atoms with Gasteiger partial charge in [0.25, 0.3) is 5.56 Å². The van der Waals surface area contributed by atoms with Crippen LogP contribution in [-0.2, 0) is 6.54 Å². The van der Waals surface area contributed by atoms with Gasteiger partial charge in [-0.15, -0.1) is 0 Å². The topological polar surface area (TPSA) is 70.1 Å². The average molecular weight is 338 g/mol. The van der Waals surface area contributed by atoms with Crippen LogP contribution in [0.4, 0.5) is 0 Å². The van der Waals surface area contributed by atoms with Crippen molar-refractivity contribution in [1.82, 2.24) is 9.78 Å². The second-order valence-corrected chi connectivity index (χ2v) is 5.22. The molecule has 20 heavy (non-hydrogen) atoms. The summed E-state index contributed by atoms with van der Waals surface area (Å²) in [7, 11) is 0. The first-order chi connectivity index (χ1) is 9.69. The molecule has 0 aliphatic carbocycles. The third kappa shape index (κ3) is 4.18. The quantitative estimate of drug-likeness (QED) is 0.815. The lowest BCUT2D eigenvalue weighted by atomic mass is 10.2. The summed E-state index contributed by atoms with van der Waals surface area (Å²) in [4.78, 5) is 11.9. The van der Waals surface area contributed by atoms with Gasteiger partial charge in [-0.3, -0.25) is 4.79 Å². The fourth-order valence-electron chi connectivity index (χ4n) is 1.70. The van der Waals surface area contributed by atoms with Gasteiger partial charge in [0.2, 0.25) is 0 Å². The van der Waals surface area contributed by atoms with E-state index in [-0.39, 0.29) is 5.56 Å². The van der Waals surface area contributed by atoms with Crippen LogP contribution >= 0.6 is 15.9 Å². The van der Waals surface area contributed by atoms with Crippen molar-refractivity contribution < 1.29 is 4.74 Å². The number of hydrogen-bond acceptors (Lipinski definition) is 4. The van der Waals surface area contributed by atoms with Crippen molar-refractivity contribution in [1.29, 1.82) is 0 Å². The fourth-order valence-corrected chi connectivity index (χ4v) is 2.14. The minimum absolute atomic E-state index is 0.185. The summed E-state index contributed by atoms with van der Waals surface area (Å²) in [6, 6.07) is 9.22. The number of halogens is 1. The highest BCUT2D eigenvalue weighted by Crippen LogP contribution is 2.12. The first kappa shape index (κ1) is 14.7. The Kier molecular flexibility index (Phi) is 5.31.